The van der Waals surface area contributed by atoms with Crippen molar-refractivity contribution in [3.05, 3.63) is 29.7 Å². The van der Waals surface area contributed by atoms with Crippen molar-refractivity contribution < 1.29 is 10.2 Å². The van der Waals surface area contributed by atoms with Crippen molar-refractivity contribution in [3.8, 4) is 23.1 Å². The van der Waals surface area contributed by atoms with E-state index < -0.39 is 0 Å². The number of rotatable bonds is 3. The van der Waals surface area contributed by atoms with Gasteiger partial charge in [0.25, 0.3) is 0 Å². The van der Waals surface area contributed by atoms with Gasteiger partial charge >= 0.3 is 0 Å². The van der Waals surface area contributed by atoms with Gasteiger partial charge in [0.2, 0.25) is 11.8 Å². The number of aromatic nitrogens is 5. The van der Waals surface area contributed by atoms with Gasteiger partial charge in [0.15, 0.2) is 5.65 Å². The number of fused-ring (bicyclic) bond motifs is 1. The molecule has 2 N–H and O–H groups in total. The molecule has 0 saturated heterocycles. The summed E-state index contributed by atoms with van der Waals surface area (Å²) in [5.41, 5.74) is 3.21. The molecule has 3 aromatic heterocycles. The second kappa shape index (κ2) is 5.25. The number of hydrogen-bond donors (Lipinski definition) is 2. The van der Waals surface area contributed by atoms with E-state index in [0.29, 0.717) is 23.0 Å². The van der Waals surface area contributed by atoms with Crippen LogP contribution in [-0.2, 0) is 6.42 Å². The molecule has 3 aromatic rings. The Balaban J connectivity index is 2.12. The van der Waals surface area contributed by atoms with E-state index in [9.17, 15) is 10.2 Å². The molecule has 0 aliphatic rings. The molecule has 0 fully saturated rings. The average Bonchev–Trinajstić information content (AvgIpc) is 2.84. The molecule has 114 valence electrons. The van der Waals surface area contributed by atoms with Crippen LogP contribution in [0.4, 0.5) is 0 Å². The number of hydrogen-bond acceptors (Lipinski definition) is 6. The molecule has 0 atom stereocenters. The maximum Gasteiger partial charge on any atom is 0.219 e. The summed E-state index contributed by atoms with van der Waals surface area (Å²) in [6.07, 6.45) is 2.61. The minimum Gasteiger partial charge on any atom is -0.493 e. The van der Waals surface area contributed by atoms with Crippen molar-refractivity contribution in [1.82, 2.24) is 24.6 Å². The molecule has 0 aliphatic heterocycles. The fourth-order valence-electron chi connectivity index (χ4n) is 2.31. The third kappa shape index (κ3) is 2.57. The largest absolute Gasteiger partial charge is 0.493 e. The van der Waals surface area contributed by atoms with Crippen LogP contribution in [0.15, 0.2) is 18.3 Å². The van der Waals surface area contributed by atoms with Crippen LogP contribution in [0.1, 0.15) is 25.2 Å². The maximum absolute atomic E-state index is 9.82. The van der Waals surface area contributed by atoms with E-state index in [-0.39, 0.29) is 11.8 Å². The van der Waals surface area contributed by atoms with Gasteiger partial charge < -0.3 is 10.2 Å². The second-order valence-electron chi connectivity index (χ2n) is 5.67. The highest BCUT2D eigenvalue weighted by molar-refractivity contribution is 5.63. The third-order valence-electron chi connectivity index (χ3n) is 3.26. The smallest absolute Gasteiger partial charge is 0.219 e. The van der Waals surface area contributed by atoms with E-state index in [1.807, 2.05) is 6.92 Å². The first-order valence-electron chi connectivity index (χ1n) is 7.05. The van der Waals surface area contributed by atoms with E-state index in [1.165, 1.54) is 4.52 Å². The summed E-state index contributed by atoms with van der Waals surface area (Å²) in [7, 11) is 0. The van der Waals surface area contributed by atoms with Gasteiger partial charge in [0.1, 0.15) is 11.4 Å². The summed E-state index contributed by atoms with van der Waals surface area (Å²) in [5, 5.41) is 23.6. The molecule has 0 unspecified atom stereocenters. The van der Waals surface area contributed by atoms with Crippen molar-refractivity contribution in [2.45, 2.75) is 27.2 Å². The van der Waals surface area contributed by atoms with Gasteiger partial charge in [0.05, 0.1) is 17.5 Å². The van der Waals surface area contributed by atoms with Crippen LogP contribution >= 0.6 is 0 Å². The lowest BCUT2D eigenvalue weighted by Gasteiger charge is -2.07. The zero-order valence-electron chi connectivity index (χ0n) is 12.6. The molecule has 7 heteroatoms. The molecule has 0 radical (unpaired) electrons. The topological polar surface area (TPSA) is 96.4 Å². The lowest BCUT2D eigenvalue weighted by molar-refractivity contribution is 0.413. The number of aromatic hydroxyl groups is 2. The van der Waals surface area contributed by atoms with Crippen molar-refractivity contribution in [2.75, 3.05) is 0 Å². The van der Waals surface area contributed by atoms with Crippen LogP contribution in [0.5, 0.6) is 11.8 Å². The highest BCUT2D eigenvalue weighted by atomic mass is 16.3. The molecule has 7 nitrogen and oxygen atoms in total. The fourth-order valence-corrected chi connectivity index (χ4v) is 2.31. The van der Waals surface area contributed by atoms with Crippen LogP contribution in [0.25, 0.3) is 17.0 Å². The standard InChI is InChI=1S/C15H17N5O2/c1-8(2)4-10-7-16-9(3)15(17-10)11-5-12-18-13(21)6-14(22)20(12)19-11/h5-8,22H,4H2,1-3H3,(H,18,21). The van der Waals surface area contributed by atoms with Crippen molar-refractivity contribution in [3.63, 3.8) is 0 Å². The van der Waals surface area contributed by atoms with E-state index in [0.717, 1.165) is 23.9 Å². The molecule has 22 heavy (non-hydrogen) atoms. The van der Waals surface area contributed by atoms with Crippen LogP contribution in [0.3, 0.4) is 0 Å². The molecule has 3 heterocycles. The summed E-state index contributed by atoms with van der Waals surface area (Å²) in [4.78, 5) is 12.9. The van der Waals surface area contributed by atoms with E-state index >= 15 is 0 Å². The molecule has 0 bridgehead atoms. The van der Waals surface area contributed by atoms with E-state index in [2.05, 4.69) is 33.9 Å². The molecule has 0 saturated carbocycles. The van der Waals surface area contributed by atoms with Gasteiger partial charge in [-0.2, -0.15) is 14.6 Å². The van der Waals surface area contributed by atoms with Gasteiger partial charge in [-0.25, -0.2) is 4.98 Å². The van der Waals surface area contributed by atoms with Gasteiger partial charge in [-0.3, -0.25) is 4.98 Å². The van der Waals surface area contributed by atoms with E-state index in [1.54, 1.807) is 12.3 Å². The van der Waals surface area contributed by atoms with Gasteiger partial charge in [-0.05, 0) is 19.3 Å². The number of aryl methyl sites for hydroxylation is 1. The zero-order chi connectivity index (χ0) is 15.9. The Morgan fingerprint density at radius 2 is 1.95 bits per heavy atom. The molecular weight excluding hydrogens is 282 g/mol. The minimum absolute atomic E-state index is 0.183. The Morgan fingerprint density at radius 3 is 2.68 bits per heavy atom. The molecule has 0 aliphatic carbocycles. The predicted molar refractivity (Wildman–Crippen MR) is 80.6 cm³/mol. The summed E-state index contributed by atoms with van der Waals surface area (Å²) in [6, 6.07) is 2.80. The Bertz CT molecular complexity index is 841. The first kappa shape index (κ1) is 14.2. The van der Waals surface area contributed by atoms with Crippen LogP contribution < -0.4 is 0 Å². The molecule has 0 aromatic carbocycles. The Labute approximate surface area is 127 Å². The van der Waals surface area contributed by atoms with E-state index in [4.69, 9.17) is 0 Å². The summed E-state index contributed by atoms with van der Waals surface area (Å²) in [5.74, 6) is 0.0408. The van der Waals surface area contributed by atoms with Crippen molar-refractivity contribution >= 4 is 5.65 Å². The Kier molecular flexibility index (Phi) is 3.40. The average molecular weight is 299 g/mol. The maximum atomic E-state index is 9.82. The van der Waals surface area contributed by atoms with Crippen LogP contribution in [-0.4, -0.2) is 34.8 Å². The van der Waals surface area contributed by atoms with Crippen molar-refractivity contribution in [2.24, 2.45) is 5.92 Å². The first-order chi connectivity index (χ1) is 10.4. The Morgan fingerprint density at radius 1 is 1.18 bits per heavy atom. The molecular formula is C15H17N5O2. The highest BCUT2D eigenvalue weighted by Gasteiger charge is 2.14. The quantitative estimate of drug-likeness (QED) is 0.769. The van der Waals surface area contributed by atoms with Crippen LogP contribution in [0, 0.1) is 12.8 Å². The predicted octanol–water partition coefficient (Wildman–Crippen LogP) is 2.10. The van der Waals surface area contributed by atoms with Crippen LogP contribution in [0.2, 0.25) is 0 Å². The van der Waals surface area contributed by atoms with Gasteiger partial charge in [0, 0.05) is 12.3 Å². The third-order valence-corrected chi connectivity index (χ3v) is 3.26. The Hall–Kier alpha value is -2.70. The van der Waals surface area contributed by atoms with Gasteiger partial charge in [-0.1, -0.05) is 13.8 Å². The monoisotopic (exact) mass is 299 g/mol. The fraction of sp³-hybridized carbons (Fsp3) is 0.333. The highest BCUT2D eigenvalue weighted by Crippen LogP contribution is 2.24. The minimum atomic E-state index is -0.257. The second-order valence-corrected chi connectivity index (χ2v) is 5.67. The molecule has 0 amide bonds. The normalized spacial score (nSPS) is 11.5. The SMILES string of the molecule is Cc1ncc(CC(C)C)nc1-c1cc2nc(O)cc(O)n2n1. The van der Waals surface area contributed by atoms with Gasteiger partial charge in [-0.15, -0.1) is 0 Å². The summed E-state index contributed by atoms with van der Waals surface area (Å²) >= 11 is 0. The zero-order valence-corrected chi connectivity index (χ0v) is 12.6. The summed E-state index contributed by atoms with van der Waals surface area (Å²) < 4.78 is 1.26. The summed E-state index contributed by atoms with van der Waals surface area (Å²) in [6.45, 7) is 6.10. The molecule has 3 rings (SSSR count). The lowest BCUT2D eigenvalue weighted by Crippen LogP contribution is -2.02. The first-order valence-corrected chi connectivity index (χ1v) is 7.05. The number of nitrogens with zero attached hydrogens (tertiary/aromatic N) is 5. The lowest BCUT2D eigenvalue weighted by atomic mass is 10.1. The molecule has 0 spiro atoms. The van der Waals surface area contributed by atoms with Crippen molar-refractivity contribution in [1.29, 1.82) is 0 Å².